The SMILES string of the molecule is C[C@@H]1C(=O)N(C)[C@H](c2ccccc2)[P@@]1c1ccccc1. The Hall–Kier alpha value is -1.66. The summed E-state index contributed by atoms with van der Waals surface area (Å²) in [4.78, 5) is 14.3. The second kappa shape index (κ2) is 5.38. The third-order valence-electron chi connectivity index (χ3n) is 3.90. The second-order valence-electron chi connectivity index (χ2n) is 5.15. The average molecular weight is 283 g/mol. The topological polar surface area (TPSA) is 20.3 Å². The van der Waals surface area contributed by atoms with Gasteiger partial charge in [-0.3, -0.25) is 4.79 Å². The van der Waals surface area contributed by atoms with Gasteiger partial charge in [-0.2, -0.15) is 0 Å². The molecule has 1 fully saturated rings. The van der Waals surface area contributed by atoms with E-state index >= 15 is 0 Å². The summed E-state index contributed by atoms with van der Waals surface area (Å²) < 4.78 is 0. The fourth-order valence-electron chi connectivity index (χ4n) is 2.91. The van der Waals surface area contributed by atoms with Crippen molar-refractivity contribution in [3.05, 3.63) is 66.2 Å². The van der Waals surface area contributed by atoms with Crippen LogP contribution in [-0.4, -0.2) is 23.5 Å². The molecule has 1 aliphatic rings. The zero-order chi connectivity index (χ0) is 14.1. The van der Waals surface area contributed by atoms with E-state index in [9.17, 15) is 4.79 Å². The van der Waals surface area contributed by atoms with Gasteiger partial charge in [0.2, 0.25) is 5.91 Å². The lowest BCUT2D eigenvalue weighted by Gasteiger charge is -2.26. The van der Waals surface area contributed by atoms with Crippen molar-refractivity contribution in [1.29, 1.82) is 0 Å². The highest BCUT2D eigenvalue weighted by Crippen LogP contribution is 2.60. The van der Waals surface area contributed by atoms with Crippen molar-refractivity contribution >= 4 is 19.1 Å². The maximum Gasteiger partial charge on any atom is 0.230 e. The van der Waals surface area contributed by atoms with Gasteiger partial charge in [0.15, 0.2) is 0 Å². The van der Waals surface area contributed by atoms with E-state index in [1.54, 1.807) is 0 Å². The van der Waals surface area contributed by atoms with Crippen molar-refractivity contribution < 1.29 is 4.79 Å². The fraction of sp³-hybridized carbons (Fsp3) is 0.235. The van der Waals surface area contributed by atoms with E-state index in [2.05, 4.69) is 55.5 Å². The number of benzene rings is 2. The summed E-state index contributed by atoms with van der Waals surface area (Å²) in [6.07, 6.45) is 0. The molecule has 1 aliphatic heterocycles. The molecule has 0 bridgehead atoms. The van der Waals surface area contributed by atoms with Gasteiger partial charge in [0.05, 0.1) is 11.4 Å². The third-order valence-corrected chi connectivity index (χ3v) is 7.03. The molecular weight excluding hydrogens is 265 g/mol. The Balaban J connectivity index is 2.07. The largest absolute Gasteiger partial charge is 0.334 e. The van der Waals surface area contributed by atoms with E-state index in [-0.39, 0.29) is 17.3 Å². The predicted octanol–water partition coefficient (Wildman–Crippen LogP) is 3.35. The number of carbonyl (C=O) groups excluding carboxylic acids is 1. The molecule has 3 rings (SSSR count). The molecule has 1 amide bonds. The average Bonchev–Trinajstić information content (AvgIpc) is 2.73. The van der Waals surface area contributed by atoms with Crippen LogP contribution in [0.15, 0.2) is 60.7 Å². The molecule has 0 aromatic heterocycles. The van der Waals surface area contributed by atoms with Gasteiger partial charge in [0, 0.05) is 7.05 Å². The maximum atomic E-state index is 12.4. The number of rotatable bonds is 2. The van der Waals surface area contributed by atoms with Crippen LogP contribution in [0.2, 0.25) is 0 Å². The van der Waals surface area contributed by atoms with Gasteiger partial charge in [-0.05, 0) is 25.7 Å². The highest BCUT2D eigenvalue weighted by Gasteiger charge is 2.44. The van der Waals surface area contributed by atoms with Crippen LogP contribution < -0.4 is 5.30 Å². The first-order valence-corrected chi connectivity index (χ1v) is 8.33. The van der Waals surface area contributed by atoms with Crippen LogP contribution in [0, 0.1) is 0 Å². The maximum absolute atomic E-state index is 12.4. The standard InChI is InChI=1S/C17H18NOP/c1-13-16(19)18(2)17(14-9-5-3-6-10-14)20(13)15-11-7-4-8-12-15/h3-13,17H,1-2H3/t13-,17+,20-/m1/s1. The van der Waals surface area contributed by atoms with Crippen LogP contribution in [0.3, 0.4) is 0 Å². The molecule has 2 nitrogen and oxygen atoms in total. The summed E-state index contributed by atoms with van der Waals surface area (Å²) in [6.45, 7) is 2.07. The van der Waals surface area contributed by atoms with Crippen LogP contribution in [-0.2, 0) is 4.79 Å². The zero-order valence-corrected chi connectivity index (χ0v) is 12.6. The number of hydrogen-bond acceptors (Lipinski definition) is 1. The predicted molar refractivity (Wildman–Crippen MR) is 84.4 cm³/mol. The van der Waals surface area contributed by atoms with E-state index in [1.165, 1.54) is 10.9 Å². The summed E-state index contributed by atoms with van der Waals surface area (Å²) in [6, 6.07) is 20.9. The van der Waals surface area contributed by atoms with Gasteiger partial charge >= 0.3 is 0 Å². The lowest BCUT2D eigenvalue weighted by Crippen LogP contribution is -2.25. The van der Waals surface area contributed by atoms with E-state index in [4.69, 9.17) is 0 Å². The number of amides is 1. The van der Waals surface area contributed by atoms with Crippen LogP contribution in [0.4, 0.5) is 0 Å². The third kappa shape index (κ3) is 2.14. The molecule has 1 saturated heterocycles. The molecule has 2 aromatic carbocycles. The second-order valence-corrected chi connectivity index (χ2v) is 7.75. The first kappa shape index (κ1) is 13.3. The molecule has 0 N–H and O–H groups in total. The van der Waals surface area contributed by atoms with E-state index in [0.717, 1.165) is 0 Å². The molecule has 20 heavy (non-hydrogen) atoms. The van der Waals surface area contributed by atoms with Gasteiger partial charge in [0.1, 0.15) is 0 Å². The number of hydrogen-bond donors (Lipinski definition) is 0. The minimum Gasteiger partial charge on any atom is -0.334 e. The minimum absolute atomic E-state index is 0.0857. The van der Waals surface area contributed by atoms with Crippen LogP contribution in [0.1, 0.15) is 18.3 Å². The Bertz CT molecular complexity index is 545. The van der Waals surface area contributed by atoms with Gasteiger partial charge in [-0.15, -0.1) is 0 Å². The molecule has 0 unspecified atom stereocenters. The number of nitrogens with zero attached hydrogens (tertiary/aromatic N) is 1. The first-order chi connectivity index (χ1) is 9.70. The minimum atomic E-state index is -0.543. The Morgan fingerprint density at radius 2 is 1.50 bits per heavy atom. The summed E-state index contributed by atoms with van der Waals surface area (Å²) in [7, 11) is 1.39. The van der Waals surface area contributed by atoms with Crippen molar-refractivity contribution in [2.24, 2.45) is 0 Å². The van der Waals surface area contributed by atoms with Crippen molar-refractivity contribution in [3.8, 4) is 0 Å². The van der Waals surface area contributed by atoms with E-state index in [1.807, 2.05) is 24.1 Å². The van der Waals surface area contributed by atoms with Gasteiger partial charge in [0.25, 0.3) is 0 Å². The molecule has 0 spiro atoms. The lowest BCUT2D eigenvalue weighted by atomic mass is 10.2. The van der Waals surface area contributed by atoms with E-state index < -0.39 is 7.92 Å². The molecule has 2 aromatic rings. The molecule has 102 valence electrons. The number of carbonyl (C=O) groups is 1. The van der Waals surface area contributed by atoms with Crippen molar-refractivity contribution in [2.75, 3.05) is 7.05 Å². The van der Waals surface area contributed by atoms with E-state index in [0.29, 0.717) is 0 Å². The normalized spacial score (nSPS) is 26.0. The van der Waals surface area contributed by atoms with Crippen LogP contribution in [0.25, 0.3) is 0 Å². The van der Waals surface area contributed by atoms with Crippen molar-refractivity contribution in [2.45, 2.75) is 18.4 Å². The quantitative estimate of drug-likeness (QED) is 0.774. The first-order valence-electron chi connectivity index (χ1n) is 6.85. The Kier molecular flexibility index (Phi) is 3.58. The Morgan fingerprint density at radius 3 is 2.10 bits per heavy atom. The Labute approximate surface area is 121 Å². The molecule has 0 radical (unpaired) electrons. The van der Waals surface area contributed by atoms with Gasteiger partial charge in [-0.1, -0.05) is 60.7 Å². The monoisotopic (exact) mass is 283 g/mol. The smallest absolute Gasteiger partial charge is 0.230 e. The molecule has 3 heteroatoms. The lowest BCUT2D eigenvalue weighted by molar-refractivity contribution is -0.128. The van der Waals surface area contributed by atoms with Gasteiger partial charge < -0.3 is 4.90 Å². The highest BCUT2D eigenvalue weighted by molar-refractivity contribution is 7.68. The fourth-order valence-corrected chi connectivity index (χ4v) is 5.98. The molecule has 1 heterocycles. The van der Waals surface area contributed by atoms with Crippen LogP contribution in [0.5, 0.6) is 0 Å². The van der Waals surface area contributed by atoms with Crippen molar-refractivity contribution in [1.82, 2.24) is 4.90 Å². The molecule has 0 aliphatic carbocycles. The highest BCUT2D eigenvalue weighted by atomic mass is 31.1. The zero-order valence-electron chi connectivity index (χ0n) is 11.7. The van der Waals surface area contributed by atoms with Gasteiger partial charge in [-0.25, -0.2) is 0 Å². The summed E-state index contributed by atoms with van der Waals surface area (Å²) >= 11 is 0. The summed E-state index contributed by atoms with van der Waals surface area (Å²) in [5.41, 5.74) is 1.32. The summed E-state index contributed by atoms with van der Waals surface area (Å²) in [5.74, 6) is 0.449. The van der Waals surface area contributed by atoms with Crippen molar-refractivity contribution in [3.63, 3.8) is 0 Å². The van der Waals surface area contributed by atoms with Crippen LogP contribution >= 0.6 is 7.92 Å². The summed E-state index contributed by atoms with van der Waals surface area (Å²) in [5, 5.41) is 1.31. The Morgan fingerprint density at radius 1 is 0.950 bits per heavy atom. The molecule has 3 atom stereocenters. The molecular formula is C17H18NOP. The molecule has 0 saturated carbocycles.